The summed E-state index contributed by atoms with van der Waals surface area (Å²) in [5.41, 5.74) is -0.547. The second-order valence-corrected chi connectivity index (χ2v) is 13.8. The smallest absolute Gasteiger partial charge is 0.302 e. The number of aliphatic hydroxyl groups is 1. The van der Waals surface area contributed by atoms with Crippen molar-refractivity contribution in [1.82, 2.24) is 4.90 Å². The lowest BCUT2D eigenvalue weighted by atomic mass is 9.51. The van der Waals surface area contributed by atoms with Gasteiger partial charge in [0.2, 0.25) is 0 Å². The van der Waals surface area contributed by atoms with Crippen LogP contribution in [-0.2, 0) is 14.3 Å². The van der Waals surface area contributed by atoms with Crippen molar-refractivity contribution in [2.45, 2.75) is 103 Å². The number of rotatable bonds is 1. The quantitative estimate of drug-likeness (QED) is 0.572. The summed E-state index contributed by atoms with van der Waals surface area (Å²) in [4.78, 5) is 27.7. The molecule has 6 aliphatic rings. The molecule has 2 saturated heterocycles. The van der Waals surface area contributed by atoms with Crippen molar-refractivity contribution in [2.75, 3.05) is 13.1 Å². The largest absolute Gasteiger partial charge is 0.463 e. The molecule has 0 spiro atoms. The van der Waals surface area contributed by atoms with Gasteiger partial charge in [0.05, 0.1) is 5.60 Å². The number of esters is 1. The maximum absolute atomic E-state index is 13.5. The van der Waals surface area contributed by atoms with Crippen molar-refractivity contribution in [3.8, 4) is 0 Å². The molecular formula is C29H45NO4. The number of nitrogens with zero attached hydrogens (tertiary/aromatic N) is 1. The zero-order valence-corrected chi connectivity index (χ0v) is 21.7. The van der Waals surface area contributed by atoms with Gasteiger partial charge in [-0.3, -0.25) is 14.5 Å². The van der Waals surface area contributed by atoms with Gasteiger partial charge in [0, 0.05) is 38.4 Å². The number of hydrogen-bond donors (Lipinski definition) is 1. The lowest BCUT2D eigenvalue weighted by molar-refractivity contribution is -0.175. The maximum atomic E-state index is 13.5. The SMILES string of the molecule is CC(=O)O[C@H]1CCC2(C)[C@H](C1)C(=O)C[C@H]1[C@@H]3CC[C@H]4[C@@H](CN5C[C@@H](C)CC[C@H]5[C@@]4(C)O)[C@@H]3C[C@@H]12. The van der Waals surface area contributed by atoms with E-state index in [1.807, 2.05) is 0 Å². The summed E-state index contributed by atoms with van der Waals surface area (Å²) in [5.74, 6) is 4.37. The number of piperidine rings is 2. The third kappa shape index (κ3) is 3.38. The first-order valence-corrected chi connectivity index (χ1v) is 14.3. The average molecular weight is 472 g/mol. The standard InChI is InChI=1S/C29H45NO4/c1-16-5-8-27-29(4,33)23-7-6-19-20(22(23)15-30(27)14-16)12-24-21(19)13-26(32)25-11-18(34-17(2)31)9-10-28(24,25)3/h16,18-25,27,33H,5-15H2,1-4H3/t16-,18-,19+,20+,21-,22-,23-,24-,25+,27-,28?,29-/m0/s1. The summed E-state index contributed by atoms with van der Waals surface area (Å²) < 4.78 is 5.57. The van der Waals surface area contributed by atoms with E-state index in [1.54, 1.807) is 0 Å². The highest BCUT2D eigenvalue weighted by molar-refractivity contribution is 5.83. The Morgan fingerprint density at radius 2 is 1.76 bits per heavy atom. The maximum Gasteiger partial charge on any atom is 0.302 e. The third-order valence-corrected chi connectivity index (χ3v) is 12.1. The summed E-state index contributed by atoms with van der Waals surface area (Å²) in [7, 11) is 0. The minimum Gasteiger partial charge on any atom is -0.463 e. The van der Waals surface area contributed by atoms with Gasteiger partial charge in [-0.15, -0.1) is 0 Å². The van der Waals surface area contributed by atoms with Crippen LogP contribution >= 0.6 is 0 Å². The molecule has 0 amide bonds. The summed E-state index contributed by atoms with van der Waals surface area (Å²) in [5, 5.41) is 11.9. The van der Waals surface area contributed by atoms with Crippen LogP contribution in [0.4, 0.5) is 0 Å². The summed E-state index contributed by atoms with van der Waals surface area (Å²) in [6.07, 6.45) is 9.19. The Morgan fingerprint density at radius 1 is 0.971 bits per heavy atom. The predicted molar refractivity (Wildman–Crippen MR) is 130 cm³/mol. The molecule has 4 saturated carbocycles. The van der Waals surface area contributed by atoms with Crippen molar-refractivity contribution >= 4 is 11.8 Å². The van der Waals surface area contributed by atoms with E-state index in [9.17, 15) is 14.7 Å². The molecular weight excluding hydrogens is 426 g/mol. The molecule has 6 rings (SSSR count). The van der Waals surface area contributed by atoms with Crippen LogP contribution < -0.4 is 0 Å². The van der Waals surface area contributed by atoms with Crippen LogP contribution in [0.2, 0.25) is 0 Å². The molecule has 2 heterocycles. The summed E-state index contributed by atoms with van der Waals surface area (Å²) in [6, 6.07) is 0.324. The van der Waals surface area contributed by atoms with Crippen molar-refractivity contribution in [2.24, 2.45) is 52.8 Å². The molecule has 1 unspecified atom stereocenters. The van der Waals surface area contributed by atoms with Crippen LogP contribution in [0.1, 0.15) is 85.5 Å². The lowest BCUT2D eigenvalue weighted by Crippen LogP contribution is -2.67. The van der Waals surface area contributed by atoms with Crippen molar-refractivity contribution in [3.63, 3.8) is 0 Å². The monoisotopic (exact) mass is 471 g/mol. The fraction of sp³-hybridized carbons (Fsp3) is 0.931. The zero-order chi connectivity index (χ0) is 24.0. The van der Waals surface area contributed by atoms with Gasteiger partial charge in [0.1, 0.15) is 11.9 Å². The highest BCUT2D eigenvalue weighted by Crippen LogP contribution is 2.66. The number of hydrogen-bond acceptors (Lipinski definition) is 5. The van der Waals surface area contributed by atoms with E-state index < -0.39 is 5.60 Å². The Morgan fingerprint density at radius 3 is 2.53 bits per heavy atom. The van der Waals surface area contributed by atoms with E-state index in [0.717, 1.165) is 57.5 Å². The molecule has 6 fully saturated rings. The Bertz CT molecular complexity index is 855. The van der Waals surface area contributed by atoms with E-state index in [4.69, 9.17) is 4.74 Å². The highest BCUT2D eigenvalue weighted by Gasteiger charge is 2.64. The third-order valence-electron chi connectivity index (χ3n) is 12.1. The molecule has 5 nitrogen and oxygen atoms in total. The molecule has 0 bridgehead atoms. The van der Waals surface area contributed by atoms with E-state index in [-0.39, 0.29) is 23.4 Å². The number of fused-ring (bicyclic) bond motifs is 8. The van der Waals surface area contributed by atoms with Crippen LogP contribution in [-0.4, -0.2) is 52.6 Å². The first kappa shape index (κ1) is 23.5. The van der Waals surface area contributed by atoms with Gasteiger partial charge >= 0.3 is 5.97 Å². The first-order chi connectivity index (χ1) is 16.1. The fourth-order valence-corrected chi connectivity index (χ4v) is 10.7. The molecule has 190 valence electrons. The van der Waals surface area contributed by atoms with E-state index in [2.05, 4.69) is 25.7 Å². The molecule has 4 aliphatic carbocycles. The number of ether oxygens (including phenoxy) is 1. The van der Waals surface area contributed by atoms with Crippen LogP contribution in [0.25, 0.3) is 0 Å². The molecule has 0 aromatic rings. The zero-order valence-electron chi connectivity index (χ0n) is 21.7. The lowest BCUT2D eigenvalue weighted by Gasteiger charge is -2.59. The number of carbonyl (C=O) groups is 2. The van der Waals surface area contributed by atoms with Crippen molar-refractivity contribution < 1.29 is 19.4 Å². The van der Waals surface area contributed by atoms with E-state index in [1.165, 1.54) is 26.2 Å². The van der Waals surface area contributed by atoms with Gasteiger partial charge in [0.25, 0.3) is 0 Å². The molecule has 1 N–H and O–H groups in total. The van der Waals surface area contributed by atoms with Gasteiger partial charge in [-0.25, -0.2) is 0 Å². The van der Waals surface area contributed by atoms with Gasteiger partial charge in [0.15, 0.2) is 0 Å². The normalized spacial score (nSPS) is 54.8. The Kier molecular flexibility index (Phi) is 5.54. The van der Waals surface area contributed by atoms with Crippen LogP contribution in [0.15, 0.2) is 0 Å². The van der Waals surface area contributed by atoms with Gasteiger partial charge in [-0.1, -0.05) is 13.8 Å². The average Bonchev–Trinajstić information content (AvgIpc) is 3.14. The molecule has 34 heavy (non-hydrogen) atoms. The highest BCUT2D eigenvalue weighted by atomic mass is 16.5. The minimum atomic E-state index is -0.591. The topological polar surface area (TPSA) is 66.8 Å². The second kappa shape index (κ2) is 8.03. The molecule has 0 aromatic carbocycles. The Labute approximate surface area is 205 Å². The fourth-order valence-electron chi connectivity index (χ4n) is 10.7. The van der Waals surface area contributed by atoms with Gasteiger partial charge in [-0.05, 0) is 105 Å². The van der Waals surface area contributed by atoms with Crippen LogP contribution in [0, 0.1) is 52.8 Å². The summed E-state index contributed by atoms with van der Waals surface area (Å²) in [6.45, 7) is 10.7. The predicted octanol–water partition coefficient (Wildman–Crippen LogP) is 4.46. The number of carbonyl (C=O) groups excluding carboxylic acids is 2. The van der Waals surface area contributed by atoms with Gasteiger partial charge in [-0.2, -0.15) is 0 Å². The Hall–Kier alpha value is -0.940. The first-order valence-electron chi connectivity index (χ1n) is 14.3. The molecule has 12 atom stereocenters. The van der Waals surface area contributed by atoms with E-state index >= 15 is 0 Å². The van der Waals surface area contributed by atoms with Crippen LogP contribution in [0.5, 0.6) is 0 Å². The number of Topliss-reactive ketones (excluding diaryl/α,β-unsaturated/α-hetero) is 1. The Balaban J connectivity index is 1.26. The van der Waals surface area contributed by atoms with Crippen molar-refractivity contribution in [3.05, 3.63) is 0 Å². The second-order valence-electron chi connectivity index (χ2n) is 13.8. The number of ketones is 1. The van der Waals surface area contributed by atoms with E-state index in [0.29, 0.717) is 47.3 Å². The molecule has 2 aliphatic heterocycles. The van der Waals surface area contributed by atoms with Gasteiger partial charge < -0.3 is 9.84 Å². The molecule has 0 radical (unpaired) electrons. The van der Waals surface area contributed by atoms with Crippen LogP contribution in [0.3, 0.4) is 0 Å². The van der Waals surface area contributed by atoms with Crippen molar-refractivity contribution in [1.29, 1.82) is 0 Å². The molecule has 0 aromatic heterocycles. The minimum absolute atomic E-state index is 0.0445. The molecule has 5 heteroatoms. The summed E-state index contributed by atoms with van der Waals surface area (Å²) >= 11 is 0.